The summed E-state index contributed by atoms with van der Waals surface area (Å²) in [6, 6.07) is 0. The molecular weight excluding hydrogens is 173 g/mol. The van der Waals surface area contributed by atoms with Crippen molar-refractivity contribution >= 4 is 11.3 Å². The van der Waals surface area contributed by atoms with Crippen LogP contribution in [0.25, 0.3) is 0 Å². The summed E-state index contributed by atoms with van der Waals surface area (Å²) in [5, 5.41) is 2.91. The predicted octanol–water partition coefficient (Wildman–Crippen LogP) is 3.23. The second-order valence-electron chi connectivity index (χ2n) is 3.69. The van der Waals surface area contributed by atoms with E-state index in [1.165, 1.54) is 0 Å². The van der Waals surface area contributed by atoms with Gasteiger partial charge >= 0.3 is 0 Å². The van der Waals surface area contributed by atoms with Crippen LogP contribution in [-0.2, 0) is 5.67 Å². The Kier molecular flexibility index (Phi) is 1.72. The number of alkyl halides is 1. The third-order valence-corrected chi connectivity index (χ3v) is 3.31. The predicted molar refractivity (Wildman–Crippen MR) is 48.2 cm³/mol. The largest absolute Gasteiger partial charge is 0.243 e. The van der Waals surface area contributed by atoms with E-state index >= 15 is 0 Å². The second kappa shape index (κ2) is 2.52. The minimum Gasteiger partial charge on any atom is -0.243 e. The first kappa shape index (κ1) is 8.17. The van der Waals surface area contributed by atoms with Gasteiger partial charge < -0.3 is 0 Å². The molecule has 0 unspecified atom stereocenters. The molecule has 0 saturated heterocycles. The molecule has 2 rings (SSSR count). The number of nitrogens with zero attached hydrogens (tertiary/aromatic N) is 1. The summed E-state index contributed by atoms with van der Waals surface area (Å²) in [5.41, 5.74) is -0.389. The van der Waals surface area contributed by atoms with E-state index in [0.717, 1.165) is 5.01 Å². The summed E-state index contributed by atoms with van der Waals surface area (Å²) in [6.07, 6.45) is 1.32. The molecule has 1 aliphatic carbocycles. The number of aromatic nitrogens is 1. The summed E-state index contributed by atoms with van der Waals surface area (Å²) in [7, 11) is 0. The number of halogens is 1. The van der Waals surface area contributed by atoms with Crippen LogP contribution in [0.1, 0.15) is 43.3 Å². The highest BCUT2D eigenvalue weighted by molar-refractivity contribution is 7.09. The van der Waals surface area contributed by atoms with Gasteiger partial charge in [0.25, 0.3) is 0 Å². The highest BCUT2D eigenvalue weighted by atomic mass is 32.1. The lowest BCUT2D eigenvalue weighted by Gasteiger charge is -1.99. The van der Waals surface area contributed by atoms with Crippen molar-refractivity contribution in [3.8, 4) is 0 Å². The Labute approximate surface area is 75.6 Å². The van der Waals surface area contributed by atoms with Crippen molar-refractivity contribution in [2.45, 2.75) is 38.3 Å². The molecular formula is C9H12FNS. The molecule has 0 aliphatic heterocycles. The number of rotatable bonds is 2. The SMILES string of the molecule is CC(C)c1nc(C2(F)CC2)cs1. The first-order valence-electron chi connectivity index (χ1n) is 4.27. The summed E-state index contributed by atoms with van der Waals surface area (Å²) < 4.78 is 13.5. The average Bonchev–Trinajstić information content (AvgIpc) is 2.61. The molecule has 0 radical (unpaired) electrons. The van der Waals surface area contributed by atoms with Gasteiger partial charge in [-0.15, -0.1) is 11.3 Å². The Morgan fingerprint density at radius 2 is 2.25 bits per heavy atom. The van der Waals surface area contributed by atoms with Crippen molar-refractivity contribution in [1.82, 2.24) is 4.98 Å². The van der Waals surface area contributed by atoms with Crippen molar-refractivity contribution in [1.29, 1.82) is 0 Å². The van der Waals surface area contributed by atoms with E-state index in [1.807, 2.05) is 5.38 Å². The highest BCUT2D eigenvalue weighted by Gasteiger charge is 2.47. The van der Waals surface area contributed by atoms with Crippen LogP contribution in [0.4, 0.5) is 4.39 Å². The topological polar surface area (TPSA) is 12.9 Å². The molecule has 1 aromatic heterocycles. The Morgan fingerprint density at radius 1 is 1.58 bits per heavy atom. The van der Waals surface area contributed by atoms with Crippen molar-refractivity contribution in [3.05, 3.63) is 16.1 Å². The van der Waals surface area contributed by atoms with Crippen molar-refractivity contribution in [2.24, 2.45) is 0 Å². The molecule has 1 saturated carbocycles. The van der Waals surface area contributed by atoms with Crippen molar-refractivity contribution in [2.75, 3.05) is 0 Å². The van der Waals surface area contributed by atoms with E-state index < -0.39 is 5.67 Å². The van der Waals surface area contributed by atoms with E-state index in [0.29, 0.717) is 24.5 Å². The number of hydrogen-bond donors (Lipinski definition) is 0. The lowest BCUT2D eigenvalue weighted by Crippen LogP contribution is -1.98. The number of thiazole rings is 1. The van der Waals surface area contributed by atoms with Gasteiger partial charge in [0.2, 0.25) is 0 Å². The maximum absolute atomic E-state index is 13.5. The Bertz CT molecular complexity index is 288. The standard InChI is InChI=1S/C9H12FNS/c1-6(2)8-11-7(5-12-8)9(10)3-4-9/h5-6H,3-4H2,1-2H3. The Balaban J connectivity index is 2.25. The molecule has 1 aliphatic rings. The van der Waals surface area contributed by atoms with Gasteiger partial charge in [-0.25, -0.2) is 9.37 Å². The molecule has 1 aromatic rings. The van der Waals surface area contributed by atoms with Gasteiger partial charge in [-0.2, -0.15) is 0 Å². The zero-order valence-corrected chi connectivity index (χ0v) is 8.12. The molecule has 3 heteroatoms. The van der Waals surface area contributed by atoms with Crippen LogP contribution in [0.3, 0.4) is 0 Å². The first-order chi connectivity index (χ1) is 5.62. The summed E-state index contributed by atoms with van der Waals surface area (Å²) in [5.74, 6) is 0.422. The lowest BCUT2D eigenvalue weighted by atomic mass is 10.2. The van der Waals surface area contributed by atoms with Gasteiger partial charge in [0.05, 0.1) is 10.7 Å². The zero-order chi connectivity index (χ0) is 8.77. The second-order valence-corrected chi connectivity index (χ2v) is 4.58. The molecule has 0 amide bonds. The zero-order valence-electron chi connectivity index (χ0n) is 7.30. The number of hydrogen-bond acceptors (Lipinski definition) is 2. The maximum Gasteiger partial charge on any atom is 0.153 e. The van der Waals surface area contributed by atoms with E-state index in [9.17, 15) is 4.39 Å². The first-order valence-corrected chi connectivity index (χ1v) is 5.14. The monoisotopic (exact) mass is 185 g/mol. The van der Waals surface area contributed by atoms with Gasteiger partial charge in [0.15, 0.2) is 5.67 Å². The minimum atomic E-state index is -1.05. The molecule has 0 N–H and O–H groups in total. The third-order valence-electron chi connectivity index (χ3n) is 2.16. The maximum atomic E-state index is 13.5. The van der Waals surface area contributed by atoms with E-state index in [2.05, 4.69) is 18.8 Å². The fraction of sp³-hybridized carbons (Fsp3) is 0.667. The summed E-state index contributed by atoms with van der Waals surface area (Å²) in [6.45, 7) is 4.17. The smallest absolute Gasteiger partial charge is 0.153 e. The summed E-state index contributed by atoms with van der Waals surface area (Å²) in [4.78, 5) is 4.29. The van der Waals surface area contributed by atoms with Gasteiger partial charge in [-0.05, 0) is 12.8 Å². The molecule has 1 nitrogen and oxygen atoms in total. The molecule has 1 heterocycles. The van der Waals surface area contributed by atoms with E-state index in [1.54, 1.807) is 11.3 Å². The van der Waals surface area contributed by atoms with Crippen LogP contribution in [0.2, 0.25) is 0 Å². The highest BCUT2D eigenvalue weighted by Crippen LogP contribution is 2.49. The van der Waals surface area contributed by atoms with Crippen LogP contribution < -0.4 is 0 Å². The Hall–Kier alpha value is -0.440. The molecule has 0 spiro atoms. The molecule has 0 aromatic carbocycles. The fourth-order valence-corrected chi connectivity index (χ4v) is 2.04. The van der Waals surface area contributed by atoms with Gasteiger partial charge in [-0.1, -0.05) is 13.8 Å². The molecule has 0 bridgehead atoms. The summed E-state index contributed by atoms with van der Waals surface area (Å²) >= 11 is 1.57. The molecule has 12 heavy (non-hydrogen) atoms. The average molecular weight is 185 g/mol. The van der Waals surface area contributed by atoms with Crippen LogP contribution in [0, 0.1) is 0 Å². The lowest BCUT2D eigenvalue weighted by molar-refractivity contribution is 0.310. The normalized spacial score (nSPS) is 20.0. The molecule has 66 valence electrons. The minimum absolute atomic E-state index is 0.422. The van der Waals surface area contributed by atoms with E-state index in [4.69, 9.17) is 0 Å². The van der Waals surface area contributed by atoms with Gasteiger partial charge in [0, 0.05) is 11.3 Å². The van der Waals surface area contributed by atoms with Crippen LogP contribution in [0.5, 0.6) is 0 Å². The van der Waals surface area contributed by atoms with Crippen LogP contribution in [-0.4, -0.2) is 4.98 Å². The van der Waals surface area contributed by atoms with Gasteiger partial charge in [-0.3, -0.25) is 0 Å². The molecule has 1 fully saturated rings. The fourth-order valence-electron chi connectivity index (χ4n) is 1.12. The van der Waals surface area contributed by atoms with Crippen LogP contribution in [0.15, 0.2) is 5.38 Å². The molecule has 0 atom stereocenters. The third kappa shape index (κ3) is 1.26. The Morgan fingerprint density at radius 3 is 2.67 bits per heavy atom. The van der Waals surface area contributed by atoms with Crippen molar-refractivity contribution < 1.29 is 4.39 Å². The quantitative estimate of drug-likeness (QED) is 0.689. The van der Waals surface area contributed by atoms with E-state index in [-0.39, 0.29) is 0 Å². The van der Waals surface area contributed by atoms with Crippen molar-refractivity contribution in [3.63, 3.8) is 0 Å². The van der Waals surface area contributed by atoms with Gasteiger partial charge in [0.1, 0.15) is 0 Å². The van der Waals surface area contributed by atoms with Crippen LogP contribution >= 0.6 is 11.3 Å².